The molecule has 0 atom stereocenters. The number of allylic oxidation sites excluding steroid dienone is 2. The molecule has 0 aliphatic carbocycles. The van der Waals surface area contributed by atoms with Crippen molar-refractivity contribution < 1.29 is 9.59 Å². The summed E-state index contributed by atoms with van der Waals surface area (Å²) in [6.45, 7) is 2.25. The number of hydrogen-bond donors (Lipinski definition) is 3. The lowest BCUT2D eigenvalue weighted by Crippen LogP contribution is -2.26. The van der Waals surface area contributed by atoms with Crippen molar-refractivity contribution in [2.24, 2.45) is 11.5 Å². The van der Waals surface area contributed by atoms with Crippen molar-refractivity contribution in [1.82, 2.24) is 5.32 Å². The molecule has 0 fully saturated rings. The van der Waals surface area contributed by atoms with Crippen molar-refractivity contribution in [3.63, 3.8) is 0 Å². The molecule has 0 saturated carbocycles. The number of urea groups is 1. The molecule has 0 saturated heterocycles. The van der Waals surface area contributed by atoms with Gasteiger partial charge in [-0.3, -0.25) is 4.79 Å². The van der Waals surface area contributed by atoms with Crippen molar-refractivity contribution in [3.8, 4) is 0 Å². The number of hydrogen-bond acceptors (Lipinski definition) is 2. The summed E-state index contributed by atoms with van der Waals surface area (Å²) in [6.07, 6.45) is 21.1. The Hall–Kier alpha value is -1.78. The van der Waals surface area contributed by atoms with E-state index in [9.17, 15) is 9.59 Å². The lowest BCUT2D eigenvalue weighted by atomic mass is 10.1. The zero-order valence-corrected chi connectivity index (χ0v) is 15.9. The fourth-order valence-electron chi connectivity index (χ4n) is 2.63. The molecule has 0 aliphatic heterocycles. The van der Waals surface area contributed by atoms with E-state index in [1.807, 2.05) is 0 Å². The van der Waals surface area contributed by atoms with Crippen LogP contribution in [-0.4, -0.2) is 11.9 Å². The zero-order chi connectivity index (χ0) is 18.8. The van der Waals surface area contributed by atoms with Crippen molar-refractivity contribution in [2.75, 3.05) is 0 Å². The van der Waals surface area contributed by atoms with E-state index in [0.717, 1.165) is 25.7 Å². The van der Waals surface area contributed by atoms with Crippen LogP contribution in [0.25, 0.3) is 0 Å². The molecule has 0 heterocycles. The number of carbonyl (C=O) groups is 2. The first-order valence-electron chi connectivity index (χ1n) is 9.77. The van der Waals surface area contributed by atoms with E-state index in [1.54, 1.807) is 0 Å². The molecule has 0 bridgehead atoms. The lowest BCUT2D eigenvalue weighted by molar-refractivity contribution is -0.114. The Morgan fingerprint density at radius 1 is 0.800 bits per heavy atom. The molecule has 0 rings (SSSR count). The van der Waals surface area contributed by atoms with Gasteiger partial charge in [0.25, 0.3) is 0 Å². The molecule has 144 valence electrons. The maximum Gasteiger partial charge on any atom is 0.316 e. The summed E-state index contributed by atoms with van der Waals surface area (Å²) in [7, 11) is 0. The van der Waals surface area contributed by atoms with Crippen LogP contribution in [-0.2, 0) is 4.79 Å². The summed E-state index contributed by atoms with van der Waals surface area (Å²) in [5.41, 5.74) is 10.7. The van der Waals surface area contributed by atoms with E-state index in [-0.39, 0.29) is 0 Å². The average molecular weight is 352 g/mol. The third kappa shape index (κ3) is 16.8. The highest BCUT2D eigenvalue weighted by Gasteiger charge is 2.04. The highest BCUT2D eigenvalue weighted by molar-refractivity contribution is 5.92. The van der Waals surface area contributed by atoms with Crippen LogP contribution in [0.1, 0.15) is 90.4 Å². The number of rotatable bonds is 16. The summed E-state index contributed by atoms with van der Waals surface area (Å²) in [5, 5.41) is 2.29. The third-order valence-corrected chi connectivity index (χ3v) is 4.16. The van der Waals surface area contributed by atoms with Gasteiger partial charge in [-0.2, -0.15) is 0 Å². The van der Waals surface area contributed by atoms with Crippen molar-refractivity contribution in [1.29, 1.82) is 0 Å². The van der Waals surface area contributed by atoms with Gasteiger partial charge >= 0.3 is 6.03 Å². The molecule has 3 amide bonds. The van der Waals surface area contributed by atoms with Gasteiger partial charge in [0.2, 0.25) is 5.91 Å². The van der Waals surface area contributed by atoms with E-state index in [1.165, 1.54) is 57.6 Å². The molecule has 5 nitrogen and oxygen atoms in total. The largest absolute Gasteiger partial charge is 0.366 e. The van der Waals surface area contributed by atoms with Crippen molar-refractivity contribution >= 4 is 11.9 Å². The Balaban J connectivity index is 3.53. The monoisotopic (exact) mass is 351 g/mol. The second kappa shape index (κ2) is 17.1. The molecule has 0 aliphatic rings. The minimum atomic E-state index is -0.688. The first-order chi connectivity index (χ1) is 12.1. The fraction of sp³-hybridized carbons (Fsp3) is 0.700. The molecular formula is C20H37N3O2. The van der Waals surface area contributed by atoms with Gasteiger partial charge in [-0.05, 0) is 38.5 Å². The van der Waals surface area contributed by atoms with Crippen molar-refractivity contribution in [2.45, 2.75) is 90.4 Å². The smallest absolute Gasteiger partial charge is 0.316 e. The van der Waals surface area contributed by atoms with Crippen LogP contribution in [0.3, 0.4) is 0 Å². The molecule has 0 unspecified atom stereocenters. The Kier molecular flexibility index (Phi) is 15.8. The summed E-state index contributed by atoms with van der Waals surface area (Å²) in [6, 6.07) is -0.688. The molecule has 25 heavy (non-hydrogen) atoms. The van der Waals surface area contributed by atoms with Crippen LogP contribution in [0.4, 0.5) is 4.79 Å². The second-order valence-corrected chi connectivity index (χ2v) is 6.52. The number of nitrogens with two attached hydrogens (primary N) is 2. The van der Waals surface area contributed by atoms with Crippen LogP contribution in [0.5, 0.6) is 0 Å². The molecule has 0 spiro atoms. The number of amides is 3. The lowest BCUT2D eigenvalue weighted by Gasteiger charge is -2.04. The number of primary amides is 2. The minimum Gasteiger partial charge on any atom is -0.366 e. The normalized spacial score (nSPS) is 11.8. The molecule has 0 radical (unpaired) electrons. The molecule has 5 N–H and O–H groups in total. The van der Waals surface area contributed by atoms with Crippen LogP contribution in [0, 0.1) is 0 Å². The maximum atomic E-state index is 11.2. The minimum absolute atomic E-state index is 0.414. The second-order valence-electron chi connectivity index (χ2n) is 6.52. The van der Waals surface area contributed by atoms with E-state index in [4.69, 9.17) is 11.5 Å². The van der Waals surface area contributed by atoms with E-state index in [0.29, 0.717) is 12.0 Å². The van der Waals surface area contributed by atoms with Crippen LogP contribution in [0.15, 0.2) is 23.9 Å². The first kappa shape index (κ1) is 23.2. The topological polar surface area (TPSA) is 98.2 Å². The molecular weight excluding hydrogens is 314 g/mol. The Morgan fingerprint density at radius 3 is 1.84 bits per heavy atom. The van der Waals surface area contributed by atoms with E-state index >= 15 is 0 Å². The summed E-state index contributed by atoms with van der Waals surface area (Å²) in [4.78, 5) is 21.9. The Bertz CT molecular complexity index is 417. The van der Waals surface area contributed by atoms with Crippen LogP contribution in [0.2, 0.25) is 0 Å². The highest BCUT2D eigenvalue weighted by Crippen LogP contribution is 2.11. The number of carbonyl (C=O) groups excluding carboxylic acids is 2. The predicted octanol–water partition coefficient (Wildman–Crippen LogP) is 4.67. The average Bonchev–Trinajstić information content (AvgIpc) is 2.57. The van der Waals surface area contributed by atoms with Crippen molar-refractivity contribution in [3.05, 3.63) is 23.9 Å². The number of nitrogens with one attached hydrogen (secondary N) is 1. The summed E-state index contributed by atoms with van der Waals surface area (Å²) in [5.74, 6) is -0.508. The van der Waals surface area contributed by atoms with Gasteiger partial charge < -0.3 is 16.8 Å². The van der Waals surface area contributed by atoms with E-state index < -0.39 is 11.9 Å². The van der Waals surface area contributed by atoms with Gasteiger partial charge in [-0.25, -0.2) is 4.79 Å². The summed E-state index contributed by atoms with van der Waals surface area (Å²) >= 11 is 0. The maximum absolute atomic E-state index is 11.2. The van der Waals surface area contributed by atoms with Crippen LogP contribution < -0.4 is 16.8 Å². The molecule has 0 aromatic rings. The third-order valence-electron chi connectivity index (χ3n) is 4.16. The zero-order valence-electron chi connectivity index (χ0n) is 15.9. The Labute approximate surface area is 153 Å². The predicted molar refractivity (Wildman–Crippen MR) is 105 cm³/mol. The first-order valence-corrected chi connectivity index (χ1v) is 9.77. The van der Waals surface area contributed by atoms with Crippen LogP contribution >= 0.6 is 0 Å². The van der Waals surface area contributed by atoms with Gasteiger partial charge in [0.15, 0.2) is 0 Å². The van der Waals surface area contributed by atoms with Gasteiger partial charge in [0.05, 0.1) is 0 Å². The van der Waals surface area contributed by atoms with Gasteiger partial charge in [0, 0.05) is 11.8 Å². The van der Waals surface area contributed by atoms with Gasteiger partial charge in [-0.1, -0.05) is 64.0 Å². The molecule has 0 aromatic heterocycles. The van der Waals surface area contributed by atoms with E-state index in [2.05, 4.69) is 24.4 Å². The quantitative estimate of drug-likeness (QED) is 0.214. The highest BCUT2D eigenvalue weighted by atomic mass is 16.2. The molecule has 5 heteroatoms. The van der Waals surface area contributed by atoms with Gasteiger partial charge in [-0.15, -0.1) is 0 Å². The molecule has 0 aromatic carbocycles. The summed E-state index contributed by atoms with van der Waals surface area (Å²) < 4.78 is 0. The standard InChI is InChI=1S/C20H37N3O2/c1-2-3-4-5-6-7-8-9-10-11-12-13-14-15-16-18(19(21)24)17-23-20(22)25/h9-10,17H,2-8,11-16H2,1H3,(H2,21,24)(H3,22,23,25)/b10-9-,18-17?. The Morgan fingerprint density at radius 2 is 1.32 bits per heavy atom. The van der Waals surface area contributed by atoms with Gasteiger partial charge in [0.1, 0.15) is 0 Å². The fourth-order valence-corrected chi connectivity index (χ4v) is 2.63. The number of unbranched alkanes of at least 4 members (excludes halogenated alkanes) is 10. The SMILES string of the molecule is CCCCCCCC/C=C\CCCCCCC(=CNC(N)=O)C(N)=O.